The molecule has 2 aromatic heterocycles. The van der Waals surface area contributed by atoms with Crippen LogP contribution in [0.1, 0.15) is 42.5 Å². The highest BCUT2D eigenvalue weighted by atomic mass is 32.2. The molecule has 31 heavy (non-hydrogen) atoms. The third kappa shape index (κ3) is 5.13. The molecule has 10 heteroatoms. The van der Waals surface area contributed by atoms with Gasteiger partial charge in [0.2, 0.25) is 0 Å². The molecule has 0 atom stereocenters. The van der Waals surface area contributed by atoms with Crippen LogP contribution in [0.4, 0.5) is 5.82 Å². The first kappa shape index (κ1) is 22.5. The van der Waals surface area contributed by atoms with Crippen LogP contribution >= 0.6 is 11.8 Å². The van der Waals surface area contributed by atoms with Gasteiger partial charge in [0.25, 0.3) is 5.56 Å². The number of anilines is 1. The van der Waals surface area contributed by atoms with Crippen LogP contribution in [0.2, 0.25) is 0 Å². The van der Waals surface area contributed by atoms with Crippen molar-refractivity contribution in [1.82, 2.24) is 24.3 Å². The second-order valence-electron chi connectivity index (χ2n) is 7.54. The summed E-state index contributed by atoms with van der Waals surface area (Å²) in [6.45, 7) is 6.77. The first-order valence-corrected chi connectivity index (χ1v) is 11.0. The molecule has 0 aliphatic rings. The molecule has 3 N–H and O–H groups in total. The summed E-state index contributed by atoms with van der Waals surface area (Å²) in [5, 5.41) is 9.08. The van der Waals surface area contributed by atoms with Crippen LogP contribution in [0.15, 0.2) is 45.1 Å². The highest BCUT2D eigenvalue weighted by Crippen LogP contribution is 2.20. The van der Waals surface area contributed by atoms with Crippen molar-refractivity contribution in [3.8, 4) is 0 Å². The number of hydrogen-bond donors (Lipinski definition) is 2. The summed E-state index contributed by atoms with van der Waals surface area (Å²) < 4.78 is 3.18. The van der Waals surface area contributed by atoms with Crippen molar-refractivity contribution in [3.63, 3.8) is 0 Å². The zero-order valence-corrected chi connectivity index (χ0v) is 18.6. The SMILES string of the molecule is CCn1c(Cc2ccccc2)nnc1SCC(=O)c1c(N)n(CC(C)C)c(=O)[nH]c1=O. The van der Waals surface area contributed by atoms with Gasteiger partial charge in [0.1, 0.15) is 17.2 Å². The van der Waals surface area contributed by atoms with Crippen LogP contribution < -0.4 is 17.0 Å². The standard InChI is InChI=1S/C21H26N6O3S/c1-4-26-16(10-14-8-6-5-7-9-14)24-25-21(26)31-12-15(28)17-18(22)27(11-13(2)3)20(30)23-19(17)29/h5-9,13H,4,10-12,22H2,1-3H3,(H,23,29,30). The largest absolute Gasteiger partial charge is 0.384 e. The topological polar surface area (TPSA) is 129 Å². The number of hydrogen-bond acceptors (Lipinski definition) is 7. The van der Waals surface area contributed by atoms with E-state index in [2.05, 4.69) is 15.2 Å². The van der Waals surface area contributed by atoms with Gasteiger partial charge >= 0.3 is 5.69 Å². The van der Waals surface area contributed by atoms with E-state index in [1.54, 1.807) is 0 Å². The molecule has 0 unspecified atom stereocenters. The van der Waals surface area contributed by atoms with E-state index in [-0.39, 0.29) is 23.1 Å². The van der Waals surface area contributed by atoms with E-state index in [0.717, 1.165) is 11.4 Å². The van der Waals surface area contributed by atoms with E-state index < -0.39 is 17.0 Å². The second-order valence-corrected chi connectivity index (χ2v) is 8.48. The number of nitrogens with two attached hydrogens (primary N) is 1. The lowest BCUT2D eigenvalue weighted by Gasteiger charge is -2.13. The molecule has 0 amide bonds. The maximum atomic E-state index is 12.8. The minimum Gasteiger partial charge on any atom is -0.384 e. The fourth-order valence-electron chi connectivity index (χ4n) is 3.26. The van der Waals surface area contributed by atoms with E-state index in [1.165, 1.54) is 16.3 Å². The summed E-state index contributed by atoms with van der Waals surface area (Å²) in [4.78, 5) is 39.4. The van der Waals surface area contributed by atoms with Crippen LogP contribution in [0, 0.1) is 5.92 Å². The Labute approximate surface area is 183 Å². The molecular formula is C21H26N6O3S. The lowest BCUT2D eigenvalue weighted by atomic mass is 10.1. The minimum absolute atomic E-state index is 0.0450. The van der Waals surface area contributed by atoms with Crippen LogP contribution in [0.25, 0.3) is 0 Å². The van der Waals surface area contributed by atoms with E-state index in [1.807, 2.05) is 55.7 Å². The number of rotatable bonds is 9. The van der Waals surface area contributed by atoms with Crippen LogP contribution in [-0.2, 0) is 19.5 Å². The van der Waals surface area contributed by atoms with E-state index in [0.29, 0.717) is 24.7 Å². The van der Waals surface area contributed by atoms with Gasteiger partial charge < -0.3 is 10.3 Å². The number of carbonyl (C=O) groups is 1. The van der Waals surface area contributed by atoms with Gasteiger partial charge in [-0.2, -0.15) is 0 Å². The first-order chi connectivity index (χ1) is 14.8. The maximum Gasteiger partial charge on any atom is 0.329 e. The quantitative estimate of drug-likeness (QED) is 0.383. The monoisotopic (exact) mass is 442 g/mol. The van der Waals surface area contributed by atoms with Gasteiger partial charge in [-0.1, -0.05) is 55.9 Å². The average Bonchev–Trinajstić information content (AvgIpc) is 3.11. The van der Waals surface area contributed by atoms with Crippen molar-refractivity contribution in [3.05, 3.63) is 68.1 Å². The number of thioether (sulfide) groups is 1. The highest BCUT2D eigenvalue weighted by Gasteiger charge is 2.21. The van der Waals surface area contributed by atoms with Gasteiger partial charge in [-0.25, -0.2) is 4.79 Å². The second kappa shape index (κ2) is 9.78. The average molecular weight is 443 g/mol. The van der Waals surface area contributed by atoms with Crippen molar-refractivity contribution in [2.45, 2.75) is 45.4 Å². The smallest absolute Gasteiger partial charge is 0.329 e. The zero-order valence-electron chi connectivity index (χ0n) is 17.8. The molecule has 0 fully saturated rings. The summed E-state index contributed by atoms with van der Waals surface area (Å²) in [7, 11) is 0. The van der Waals surface area contributed by atoms with Gasteiger partial charge in [0.15, 0.2) is 10.9 Å². The molecule has 0 aliphatic heterocycles. The maximum absolute atomic E-state index is 12.8. The summed E-state index contributed by atoms with van der Waals surface area (Å²) >= 11 is 1.19. The molecule has 3 aromatic rings. The molecule has 9 nitrogen and oxygen atoms in total. The number of benzene rings is 1. The molecule has 1 aromatic carbocycles. The molecule has 0 spiro atoms. The van der Waals surface area contributed by atoms with Gasteiger partial charge in [-0.05, 0) is 18.4 Å². The van der Waals surface area contributed by atoms with Gasteiger partial charge in [-0.3, -0.25) is 19.1 Å². The highest BCUT2D eigenvalue weighted by molar-refractivity contribution is 7.99. The Morgan fingerprint density at radius 2 is 1.87 bits per heavy atom. The molecular weight excluding hydrogens is 416 g/mol. The summed E-state index contributed by atoms with van der Waals surface area (Å²) in [6, 6.07) is 9.94. The van der Waals surface area contributed by atoms with Crippen molar-refractivity contribution < 1.29 is 4.79 Å². The summed E-state index contributed by atoms with van der Waals surface area (Å²) in [5.41, 5.74) is 5.57. The van der Waals surface area contributed by atoms with Crippen molar-refractivity contribution in [2.24, 2.45) is 5.92 Å². The van der Waals surface area contributed by atoms with Crippen molar-refractivity contribution in [2.75, 3.05) is 11.5 Å². The number of nitrogen functional groups attached to an aromatic ring is 1. The summed E-state index contributed by atoms with van der Waals surface area (Å²) in [6.07, 6.45) is 0.628. The van der Waals surface area contributed by atoms with Gasteiger partial charge in [0.05, 0.1) is 5.75 Å². The molecule has 0 radical (unpaired) electrons. The van der Waals surface area contributed by atoms with Crippen LogP contribution in [0.3, 0.4) is 0 Å². The Bertz CT molecular complexity index is 1180. The van der Waals surface area contributed by atoms with Crippen LogP contribution in [-0.4, -0.2) is 35.9 Å². The van der Waals surface area contributed by atoms with Gasteiger partial charge in [0, 0.05) is 19.5 Å². The number of carbonyl (C=O) groups excluding carboxylic acids is 1. The van der Waals surface area contributed by atoms with E-state index in [4.69, 9.17) is 5.73 Å². The Balaban J connectivity index is 1.80. The molecule has 3 rings (SSSR count). The molecule has 0 saturated heterocycles. The number of ketones is 1. The fourth-order valence-corrected chi connectivity index (χ4v) is 4.15. The Kier molecular flexibility index (Phi) is 7.11. The first-order valence-electron chi connectivity index (χ1n) is 10.1. The van der Waals surface area contributed by atoms with E-state index in [9.17, 15) is 14.4 Å². The normalized spacial score (nSPS) is 11.2. The lowest BCUT2D eigenvalue weighted by molar-refractivity contribution is 0.102. The van der Waals surface area contributed by atoms with E-state index >= 15 is 0 Å². The lowest BCUT2D eigenvalue weighted by Crippen LogP contribution is -2.37. The van der Waals surface area contributed by atoms with Crippen molar-refractivity contribution in [1.29, 1.82) is 0 Å². The van der Waals surface area contributed by atoms with Crippen molar-refractivity contribution >= 4 is 23.4 Å². The molecule has 0 saturated carbocycles. The molecule has 0 bridgehead atoms. The number of H-pyrrole nitrogens is 1. The zero-order chi connectivity index (χ0) is 22.5. The number of nitrogens with one attached hydrogen (secondary N) is 1. The molecule has 2 heterocycles. The molecule has 0 aliphatic carbocycles. The fraction of sp³-hybridized carbons (Fsp3) is 0.381. The third-order valence-electron chi connectivity index (χ3n) is 4.71. The Hall–Kier alpha value is -3.14. The molecule has 164 valence electrons. The number of nitrogens with zero attached hydrogens (tertiary/aromatic N) is 4. The van der Waals surface area contributed by atoms with Crippen LogP contribution in [0.5, 0.6) is 0 Å². The predicted octanol–water partition coefficient (Wildman–Crippen LogP) is 1.95. The number of aromatic nitrogens is 5. The Morgan fingerprint density at radius 3 is 2.52 bits per heavy atom. The predicted molar refractivity (Wildman–Crippen MR) is 121 cm³/mol. The summed E-state index contributed by atoms with van der Waals surface area (Å²) in [5.74, 6) is 0.309. The number of aromatic amines is 1. The Morgan fingerprint density at radius 1 is 1.16 bits per heavy atom. The minimum atomic E-state index is -0.769. The number of Topliss-reactive ketones (excluding diaryl/α,β-unsaturated/α-hetero) is 1. The van der Waals surface area contributed by atoms with Gasteiger partial charge in [-0.15, -0.1) is 10.2 Å². The third-order valence-corrected chi connectivity index (χ3v) is 5.68.